The van der Waals surface area contributed by atoms with E-state index in [-0.39, 0.29) is 11.3 Å². The zero-order valence-corrected chi connectivity index (χ0v) is 18.1. The lowest BCUT2D eigenvalue weighted by atomic mass is 9.78. The summed E-state index contributed by atoms with van der Waals surface area (Å²) in [6, 6.07) is 5.82. The lowest BCUT2D eigenvalue weighted by Gasteiger charge is -2.39. The van der Waals surface area contributed by atoms with Crippen molar-refractivity contribution in [3.8, 4) is 11.5 Å². The molecule has 1 atom stereocenters. The van der Waals surface area contributed by atoms with Gasteiger partial charge in [-0.25, -0.2) is 9.97 Å². The SMILES string of the molecule is CCc1cnc(N2CCC3(CCCN(Cc4cccc(OC)c4OC)C3=O)C2)nc1. The van der Waals surface area contributed by atoms with Gasteiger partial charge < -0.3 is 19.3 Å². The number of amides is 1. The zero-order valence-electron chi connectivity index (χ0n) is 18.1. The molecule has 2 aromatic rings. The van der Waals surface area contributed by atoms with Gasteiger partial charge in [-0.2, -0.15) is 0 Å². The molecule has 2 aliphatic rings. The predicted octanol–water partition coefficient (Wildman–Crippen LogP) is 3.08. The Hall–Kier alpha value is -2.83. The summed E-state index contributed by atoms with van der Waals surface area (Å²) in [7, 11) is 3.27. The summed E-state index contributed by atoms with van der Waals surface area (Å²) >= 11 is 0. The molecule has 1 unspecified atom stereocenters. The maximum absolute atomic E-state index is 13.6. The van der Waals surface area contributed by atoms with Gasteiger partial charge in [0.05, 0.1) is 19.6 Å². The predicted molar refractivity (Wildman–Crippen MR) is 115 cm³/mol. The molecule has 2 saturated heterocycles. The van der Waals surface area contributed by atoms with Crippen LogP contribution in [0.1, 0.15) is 37.3 Å². The number of carbonyl (C=O) groups excluding carboxylic acids is 1. The number of hydrogen-bond acceptors (Lipinski definition) is 6. The Bertz CT molecular complexity index is 902. The summed E-state index contributed by atoms with van der Waals surface area (Å²) in [6.45, 7) is 4.89. The van der Waals surface area contributed by atoms with Crippen LogP contribution in [-0.4, -0.2) is 54.6 Å². The van der Waals surface area contributed by atoms with Gasteiger partial charge in [0.2, 0.25) is 11.9 Å². The fourth-order valence-corrected chi connectivity index (χ4v) is 4.70. The minimum atomic E-state index is -0.350. The Labute approximate surface area is 178 Å². The van der Waals surface area contributed by atoms with Crippen molar-refractivity contribution in [3.63, 3.8) is 0 Å². The average molecular weight is 411 g/mol. The first kappa shape index (κ1) is 20.4. The molecule has 0 N–H and O–H groups in total. The molecule has 7 nitrogen and oxygen atoms in total. The first-order valence-corrected chi connectivity index (χ1v) is 10.7. The Morgan fingerprint density at radius 1 is 1.10 bits per heavy atom. The standard InChI is InChI=1S/C23H30N4O3/c1-4-17-13-24-22(25-14-17)27-12-10-23(16-27)9-6-11-26(21(23)28)15-18-7-5-8-19(29-2)20(18)30-3/h5,7-8,13-14H,4,6,9-12,15-16H2,1-3H3. The van der Waals surface area contributed by atoms with Crippen LogP contribution in [0.2, 0.25) is 0 Å². The normalized spacial score (nSPS) is 21.4. The second-order valence-electron chi connectivity index (χ2n) is 8.18. The fourth-order valence-electron chi connectivity index (χ4n) is 4.70. The average Bonchev–Trinajstić information content (AvgIpc) is 3.21. The molecular weight excluding hydrogens is 380 g/mol. The molecule has 30 heavy (non-hydrogen) atoms. The summed E-state index contributed by atoms with van der Waals surface area (Å²) in [6.07, 6.45) is 7.46. The van der Waals surface area contributed by atoms with Crippen LogP contribution >= 0.6 is 0 Å². The molecule has 1 aromatic carbocycles. The summed E-state index contributed by atoms with van der Waals surface area (Å²) in [4.78, 5) is 26.8. The van der Waals surface area contributed by atoms with Gasteiger partial charge in [-0.15, -0.1) is 0 Å². The highest BCUT2D eigenvalue weighted by atomic mass is 16.5. The molecule has 160 valence electrons. The number of ether oxygens (including phenoxy) is 2. The number of para-hydroxylation sites is 1. The van der Waals surface area contributed by atoms with E-state index in [4.69, 9.17) is 9.47 Å². The van der Waals surface area contributed by atoms with Gasteiger partial charge in [0.15, 0.2) is 11.5 Å². The van der Waals surface area contributed by atoms with Crippen LogP contribution in [0.5, 0.6) is 11.5 Å². The second-order valence-corrected chi connectivity index (χ2v) is 8.18. The number of methoxy groups -OCH3 is 2. The minimum Gasteiger partial charge on any atom is -0.493 e. The van der Waals surface area contributed by atoms with Crippen molar-refractivity contribution in [2.45, 2.75) is 39.2 Å². The van der Waals surface area contributed by atoms with E-state index in [0.717, 1.165) is 55.8 Å². The number of nitrogens with zero attached hydrogens (tertiary/aromatic N) is 4. The first-order chi connectivity index (χ1) is 14.6. The molecule has 0 aliphatic carbocycles. The van der Waals surface area contributed by atoms with Gasteiger partial charge in [0.25, 0.3) is 0 Å². The van der Waals surface area contributed by atoms with Crippen LogP contribution in [0.4, 0.5) is 5.95 Å². The molecule has 2 aliphatic heterocycles. The molecule has 1 aromatic heterocycles. The van der Waals surface area contributed by atoms with Crippen molar-refractivity contribution in [2.75, 3.05) is 38.8 Å². The molecule has 4 rings (SSSR count). The highest BCUT2D eigenvalue weighted by Crippen LogP contribution is 2.42. The van der Waals surface area contributed by atoms with Gasteiger partial charge in [-0.05, 0) is 37.3 Å². The number of rotatable bonds is 6. The fraction of sp³-hybridized carbons (Fsp3) is 0.522. The van der Waals surface area contributed by atoms with E-state index >= 15 is 0 Å². The highest BCUT2D eigenvalue weighted by molar-refractivity contribution is 5.85. The summed E-state index contributed by atoms with van der Waals surface area (Å²) < 4.78 is 11.0. The molecule has 7 heteroatoms. The van der Waals surface area contributed by atoms with E-state index < -0.39 is 0 Å². The van der Waals surface area contributed by atoms with E-state index in [1.807, 2.05) is 35.5 Å². The van der Waals surface area contributed by atoms with Crippen LogP contribution in [-0.2, 0) is 17.8 Å². The van der Waals surface area contributed by atoms with Crippen LogP contribution in [0.3, 0.4) is 0 Å². The Morgan fingerprint density at radius 2 is 1.90 bits per heavy atom. The first-order valence-electron chi connectivity index (χ1n) is 10.7. The maximum Gasteiger partial charge on any atom is 0.230 e. The van der Waals surface area contributed by atoms with E-state index in [1.165, 1.54) is 0 Å². The lowest BCUT2D eigenvalue weighted by Crippen LogP contribution is -2.49. The molecule has 3 heterocycles. The highest BCUT2D eigenvalue weighted by Gasteiger charge is 2.49. The third-order valence-corrected chi connectivity index (χ3v) is 6.41. The molecule has 1 spiro atoms. The molecule has 0 radical (unpaired) electrons. The van der Waals surface area contributed by atoms with Gasteiger partial charge in [0, 0.05) is 44.1 Å². The van der Waals surface area contributed by atoms with Gasteiger partial charge >= 0.3 is 0 Å². The van der Waals surface area contributed by atoms with E-state index in [9.17, 15) is 4.79 Å². The maximum atomic E-state index is 13.6. The number of aromatic nitrogens is 2. The quantitative estimate of drug-likeness (QED) is 0.729. The third-order valence-electron chi connectivity index (χ3n) is 6.41. The van der Waals surface area contributed by atoms with Crippen molar-refractivity contribution >= 4 is 11.9 Å². The number of piperidine rings is 1. The van der Waals surface area contributed by atoms with Gasteiger partial charge in [-0.1, -0.05) is 19.1 Å². The van der Waals surface area contributed by atoms with Crippen LogP contribution in [0.15, 0.2) is 30.6 Å². The Kier molecular flexibility index (Phi) is 5.79. The van der Waals surface area contributed by atoms with Crippen molar-refractivity contribution in [3.05, 3.63) is 41.7 Å². The molecule has 2 fully saturated rings. The van der Waals surface area contributed by atoms with Crippen molar-refractivity contribution in [1.29, 1.82) is 0 Å². The van der Waals surface area contributed by atoms with Crippen molar-refractivity contribution in [2.24, 2.45) is 5.41 Å². The van der Waals surface area contributed by atoms with Gasteiger partial charge in [0.1, 0.15) is 0 Å². The van der Waals surface area contributed by atoms with Crippen LogP contribution in [0.25, 0.3) is 0 Å². The molecular formula is C23H30N4O3. The summed E-state index contributed by atoms with van der Waals surface area (Å²) in [5, 5.41) is 0. The van der Waals surface area contributed by atoms with Crippen LogP contribution in [0, 0.1) is 5.41 Å². The smallest absolute Gasteiger partial charge is 0.230 e. The summed E-state index contributed by atoms with van der Waals surface area (Å²) in [5.74, 6) is 2.34. The Balaban J connectivity index is 1.51. The lowest BCUT2D eigenvalue weighted by molar-refractivity contribution is -0.145. The van der Waals surface area contributed by atoms with Crippen molar-refractivity contribution < 1.29 is 14.3 Å². The van der Waals surface area contributed by atoms with E-state index in [2.05, 4.69) is 21.8 Å². The van der Waals surface area contributed by atoms with E-state index in [0.29, 0.717) is 24.6 Å². The third kappa shape index (κ3) is 3.68. The topological polar surface area (TPSA) is 67.8 Å². The number of carbonyl (C=O) groups is 1. The number of anilines is 1. The largest absolute Gasteiger partial charge is 0.493 e. The second kappa shape index (κ2) is 8.50. The molecule has 0 bridgehead atoms. The molecule has 1 amide bonds. The number of aryl methyl sites for hydroxylation is 1. The summed E-state index contributed by atoms with van der Waals surface area (Å²) in [5.41, 5.74) is 1.74. The number of hydrogen-bond donors (Lipinski definition) is 0. The zero-order chi connectivity index (χ0) is 21.1. The number of likely N-dealkylation sites (tertiary alicyclic amines) is 1. The van der Waals surface area contributed by atoms with Gasteiger partial charge in [-0.3, -0.25) is 4.79 Å². The van der Waals surface area contributed by atoms with E-state index in [1.54, 1.807) is 14.2 Å². The minimum absolute atomic E-state index is 0.228. The van der Waals surface area contributed by atoms with Crippen molar-refractivity contribution in [1.82, 2.24) is 14.9 Å². The van der Waals surface area contributed by atoms with Crippen LogP contribution < -0.4 is 14.4 Å². The Morgan fingerprint density at radius 3 is 2.60 bits per heavy atom. The monoisotopic (exact) mass is 410 g/mol. The number of benzene rings is 1. The molecule has 0 saturated carbocycles.